The average molecular weight is 473 g/mol. The van der Waals surface area contributed by atoms with Crippen LogP contribution in [0.2, 0.25) is 0 Å². The molecule has 0 bridgehead atoms. The fourth-order valence-corrected chi connectivity index (χ4v) is 5.73. The van der Waals surface area contributed by atoms with Crippen molar-refractivity contribution in [1.29, 1.82) is 0 Å². The molecule has 0 spiro atoms. The number of aryl methyl sites for hydroxylation is 1. The lowest BCUT2D eigenvalue weighted by atomic mass is 9.99. The maximum absolute atomic E-state index is 13.2. The van der Waals surface area contributed by atoms with Gasteiger partial charge in [-0.1, -0.05) is 17.4 Å². The highest BCUT2D eigenvalue weighted by atomic mass is 32.2. The van der Waals surface area contributed by atoms with Gasteiger partial charge in [0.2, 0.25) is 10.0 Å². The monoisotopic (exact) mass is 472 g/mol. The molecule has 13 heteroatoms. The third-order valence-corrected chi connectivity index (χ3v) is 7.83. The molecule has 31 heavy (non-hydrogen) atoms. The van der Waals surface area contributed by atoms with Crippen molar-refractivity contribution in [2.45, 2.75) is 37.1 Å². The first kappa shape index (κ1) is 21.8. The van der Waals surface area contributed by atoms with Crippen LogP contribution < -0.4 is 4.72 Å². The third kappa shape index (κ3) is 4.08. The van der Waals surface area contributed by atoms with E-state index in [9.17, 15) is 26.8 Å². The molecule has 1 aromatic rings. The van der Waals surface area contributed by atoms with Crippen LogP contribution in [0.15, 0.2) is 23.8 Å². The Morgan fingerprint density at radius 1 is 1.32 bits per heavy atom. The van der Waals surface area contributed by atoms with E-state index in [4.69, 9.17) is 0 Å². The van der Waals surface area contributed by atoms with E-state index in [0.717, 1.165) is 9.48 Å². The first-order valence-electron chi connectivity index (χ1n) is 9.54. The maximum Gasteiger partial charge on any atom is 0.501 e. The average Bonchev–Trinajstić information content (AvgIpc) is 3.38. The smallest absolute Gasteiger partial charge is 0.249 e. The molecule has 166 valence electrons. The lowest BCUT2D eigenvalue weighted by Gasteiger charge is -2.26. The zero-order valence-corrected chi connectivity index (χ0v) is 18.2. The molecule has 0 saturated heterocycles. The number of amides is 3. The van der Waals surface area contributed by atoms with E-state index in [1.807, 2.05) is 0 Å². The van der Waals surface area contributed by atoms with Gasteiger partial charge in [-0.05, 0) is 31.9 Å². The molecule has 1 aromatic heterocycles. The van der Waals surface area contributed by atoms with E-state index >= 15 is 0 Å². The fraction of sp³-hybridized carbons (Fsp3) is 0.500. The first-order valence-corrected chi connectivity index (χ1v) is 11.9. The Balaban J connectivity index is 1.69. The molecular formula is C18H20F2N5O4S2+. The van der Waals surface area contributed by atoms with E-state index in [1.165, 1.54) is 29.6 Å². The van der Waals surface area contributed by atoms with Crippen molar-refractivity contribution < 1.29 is 31.4 Å². The molecule has 1 aliphatic heterocycles. The molecule has 4 rings (SSSR count). The number of nitrogens with zero attached hydrogens (tertiary/aromatic N) is 4. The zero-order chi connectivity index (χ0) is 22.4. The predicted octanol–water partition coefficient (Wildman–Crippen LogP) is 1.02. The Kier molecular flexibility index (Phi) is 5.60. The number of carbonyl (C=O) groups excluding carboxylic acids is 2. The maximum atomic E-state index is 13.2. The number of halogens is 2. The number of imide groups is 1. The minimum atomic E-state index is -4.02. The second-order valence-electron chi connectivity index (χ2n) is 7.58. The van der Waals surface area contributed by atoms with Crippen molar-refractivity contribution in [3.63, 3.8) is 0 Å². The number of nitrogens with one attached hydrogen (secondary N) is 1. The van der Waals surface area contributed by atoms with Gasteiger partial charge in [0.15, 0.2) is 11.6 Å². The van der Waals surface area contributed by atoms with Crippen LogP contribution in [0.4, 0.5) is 13.6 Å². The summed E-state index contributed by atoms with van der Waals surface area (Å²) in [6.45, 7) is -0.401. The molecular weight excluding hydrogens is 452 g/mol. The van der Waals surface area contributed by atoms with E-state index in [1.54, 1.807) is 6.92 Å². The molecule has 1 N–H and O–H groups in total. The van der Waals surface area contributed by atoms with Gasteiger partial charge >= 0.3 is 11.9 Å². The van der Waals surface area contributed by atoms with Gasteiger partial charge in [0.25, 0.3) is 0 Å². The summed E-state index contributed by atoms with van der Waals surface area (Å²) in [4.78, 5) is 26.9. The van der Waals surface area contributed by atoms with Crippen LogP contribution in [-0.2, 0) is 21.4 Å². The molecule has 3 amide bonds. The Bertz CT molecular complexity index is 1140. The largest absolute Gasteiger partial charge is 0.501 e. The van der Waals surface area contributed by atoms with Crippen molar-refractivity contribution in [3.05, 3.63) is 33.8 Å². The van der Waals surface area contributed by atoms with E-state index < -0.39 is 46.1 Å². The predicted molar refractivity (Wildman–Crippen MR) is 108 cm³/mol. The second kappa shape index (κ2) is 7.95. The molecule has 2 aliphatic carbocycles. The molecule has 3 aliphatic rings. The van der Waals surface area contributed by atoms with Gasteiger partial charge in [-0.2, -0.15) is 9.37 Å². The number of allylic oxidation sites excluding steroid dienone is 1. The lowest BCUT2D eigenvalue weighted by Crippen LogP contribution is -2.52. The van der Waals surface area contributed by atoms with Crippen molar-refractivity contribution in [2.75, 3.05) is 19.9 Å². The summed E-state index contributed by atoms with van der Waals surface area (Å²) in [6, 6.07) is -0.721. The molecule has 9 nitrogen and oxygen atoms in total. The summed E-state index contributed by atoms with van der Waals surface area (Å²) in [7, 11) is -4.02. The standard InChI is InChI=1S/C18H20F2N5O4S2/c1-11-21-22-15(30-11)9-25-16(26)13-8-12(31(28,29)23-18(10-20)4-5-18)2-3-14(13)24(7-6-19)17(25)27/h2-3,8,12,23H,4-7,9-10H2,1H3/q+1. The summed E-state index contributed by atoms with van der Waals surface area (Å²) in [5.74, 6) is -0.709. The van der Waals surface area contributed by atoms with Crippen LogP contribution in [-0.4, -0.2) is 76.4 Å². The number of alkyl halides is 2. The molecule has 1 fully saturated rings. The summed E-state index contributed by atoms with van der Waals surface area (Å²) < 4.78 is 55.3. The molecule has 1 saturated carbocycles. The van der Waals surface area contributed by atoms with Crippen LogP contribution in [0.3, 0.4) is 0 Å². The van der Waals surface area contributed by atoms with Crippen LogP contribution in [0, 0.1) is 6.92 Å². The first-order chi connectivity index (χ1) is 14.7. The summed E-state index contributed by atoms with van der Waals surface area (Å²) in [5, 5.41) is 7.61. The van der Waals surface area contributed by atoms with Gasteiger partial charge < -0.3 is 0 Å². The highest BCUT2D eigenvalue weighted by molar-refractivity contribution is 7.90. The summed E-state index contributed by atoms with van der Waals surface area (Å²) in [5.41, 5.74) is -0.975. The highest BCUT2D eigenvalue weighted by Crippen LogP contribution is 2.37. The topological polar surface area (TPSA) is 112 Å². The number of sulfonamides is 1. The second-order valence-corrected chi connectivity index (χ2v) is 10.7. The SMILES string of the molecule is Cc1nnc(CN2C(=O)C3=CC(S(=O)(=O)NC4(CF)CC4)C=CC3=[N+](CCF)C2=O)s1. The van der Waals surface area contributed by atoms with Gasteiger partial charge in [-0.15, -0.1) is 15.1 Å². The highest BCUT2D eigenvalue weighted by Gasteiger charge is 2.49. The Labute approximate surface area is 181 Å². The van der Waals surface area contributed by atoms with Crippen molar-refractivity contribution in [2.24, 2.45) is 0 Å². The van der Waals surface area contributed by atoms with Gasteiger partial charge in [0.1, 0.15) is 41.4 Å². The van der Waals surface area contributed by atoms with Crippen LogP contribution in [0.1, 0.15) is 22.9 Å². The van der Waals surface area contributed by atoms with Gasteiger partial charge in [-0.25, -0.2) is 26.7 Å². The third-order valence-electron chi connectivity index (χ3n) is 5.27. The lowest BCUT2D eigenvalue weighted by molar-refractivity contribution is -0.437. The summed E-state index contributed by atoms with van der Waals surface area (Å²) >= 11 is 1.21. The van der Waals surface area contributed by atoms with E-state index in [-0.39, 0.29) is 24.4 Å². The minimum Gasteiger partial charge on any atom is -0.249 e. The van der Waals surface area contributed by atoms with E-state index in [2.05, 4.69) is 14.9 Å². The number of hydrogen-bond donors (Lipinski definition) is 1. The van der Waals surface area contributed by atoms with Crippen LogP contribution in [0.25, 0.3) is 0 Å². The molecule has 1 unspecified atom stereocenters. The zero-order valence-electron chi connectivity index (χ0n) is 16.5. The number of aromatic nitrogens is 2. The van der Waals surface area contributed by atoms with Gasteiger partial charge in [0.05, 0.1) is 5.54 Å². The Morgan fingerprint density at radius 2 is 2.06 bits per heavy atom. The number of rotatable bonds is 8. The van der Waals surface area contributed by atoms with Gasteiger partial charge in [-0.3, -0.25) is 0 Å². The van der Waals surface area contributed by atoms with Crippen molar-refractivity contribution >= 4 is 39.0 Å². The number of urea groups is 1. The Hall–Kier alpha value is -2.38. The van der Waals surface area contributed by atoms with Gasteiger partial charge in [0, 0.05) is 0 Å². The quantitative estimate of drug-likeness (QED) is 0.566. The van der Waals surface area contributed by atoms with Crippen molar-refractivity contribution in [3.8, 4) is 0 Å². The normalized spacial score (nSPS) is 22.6. The molecule has 2 heterocycles. The number of carbonyl (C=O) groups is 2. The van der Waals surface area contributed by atoms with Crippen LogP contribution >= 0.6 is 11.3 Å². The number of fused-ring (bicyclic) bond motifs is 1. The Morgan fingerprint density at radius 3 is 2.65 bits per heavy atom. The molecule has 1 atom stereocenters. The summed E-state index contributed by atoms with van der Waals surface area (Å²) in [6.07, 6.45) is 4.64. The van der Waals surface area contributed by atoms with Crippen molar-refractivity contribution in [1.82, 2.24) is 19.8 Å². The minimum absolute atomic E-state index is 0.0303. The fourth-order valence-electron chi connectivity index (χ4n) is 3.43. The molecule has 0 aromatic carbocycles. The molecule has 0 radical (unpaired) electrons. The van der Waals surface area contributed by atoms with E-state index in [0.29, 0.717) is 22.9 Å². The van der Waals surface area contributed by atoms with Crippen LogP contribution in [0.5, 0.6) is 0 Å². The number of hydrogen-bond acceptors (Lipinski definition) is 7.